The topological polar surface area (TPSA) is 18.5 Å². The molecule has 0 aromatic carbocycles. The third kappa shape index (κ3) is 4.73. The highest BCUT2D eigenvalue weighted by Gasteiger charge is 2.27. The van der Waals surface area contributed by atoms with Crippen molar-refractivity contribution in [3.63, 3.8) is 0 Å². The fraction of sp³-hybridized carbons (Fsp3) is 1.00. The maximum absolute atomic E-state index is 3.25. The van der Waals surface area contributed by atoms with Crippen LogP contribution in [0.2, 0.25) is 0 Å². The molecule has 1 unspecified atom stereocenters. The van der Waals surface area contributed by atoms with Gasteiger partial charge in [0.2, 0.25) is 0 Å². The fourth-order valence-electron chi connectivity index (χ4n) is 3.73. The Labute approximate surface area is 119 Å². The number of hydrogen-bond acceptors (Lipinski definition) is 3. The quantitative estimate of drug-likeness (QED) is 0.745. The van der Waals surface area contributed by atoms with Gasteiger partial charge in [0, 0.05) is 12.1 Å². The number of likely N-dealkylation sites (tertiary alicyclic amines) is 2. The third-order valence-corrected chi connectivity index (χ3v) is 5.08. The smallest absolute Gasteiger partial charge is 0.0120 e. The Morgan fingerprint density at radius 1 is 1.05 bits per heavy atom. The predicted molar refractivity (Wildman–Crippen MR) is 82.6 cm³/mol. The average molecular weight is 267 g/mol. The fourth-order valence-corrected chi connectivity index (χ4v) is 3.73. The van der Waals surface area contributed by atoms with Crippen molar-refractivity contribution < 1.29 is 0 Å². The molecule has 0 bridgehead atoms. The Morgan fingerprint density at radius 2 is 1.74 bits per heavy atom. The molecular formula is C16H33N3. The number of hydrogen-bond donors (Lipinski definition) is 1. The zero-order valence-electron chi connectivity index (χ0n) is 13.0. The zero-order valence-corrected chi connectivity index (χ0v) is 13.0. The summed E-state index contributed by atoms with van der Waals surface area (Å²) in [6.45, 7) is 8.94. The van der Waals surface area contributed by atoms with Crippen LogP contribution in [0.5, 0.6) is 0 Å². The lowest BCUT2D eigenvalue weighted by Crippen LogP contribution is -2.48. The van der Waals surface area contributed by atoms with Gasteiger partial charge in [0.25, 0.3) is 0 Å². The predicted octanol–water partition coefficient (Wildman–Crippen LogP) is 2.32. The molecule has 112 valence electrons. The molecule has 0 saturated carbocycles. The summed E-state index contributed by atoms with van der Waals surface area (Å²) < 4.78 is 0. The van der Waals surface area contributed by atoms with E-state index in [0.29, 0.717) is 0 Å². The second-order valence-electron chi connectivity index (χ2n) is 6.46. The van der Waals surface area contributed by atoms with Crippen LogP contribution in [-0.2, 0) is 0 Å². The molecule has 0 aromatic heterocycles. The Hall–Kier alpha value is -0.120. The van der Waals surface area contributed by atoms with Crippen LogP contribution in [0.15, 0.2) is 0 Å². The first-order valence-corrected chi connectivity index (χ1v) is 8.44. The normalized spacial score (nSPS) is 25.6. The number of rotatable bonds is 6. The van der Waals surface area contributed by atoms with Gasteiger partial charge in [-0.05, 0) is 85.2 Å². The minimum absolute atomic E-state index is 0.774. The van der Waals surface area contributed by atoms with E-state index in [1.54, 1.807) is 0 Å². The number of piperidine rings is 2. The van der Waals surface area contributed by atoms with Crippen molar-refractivity contribution in [2.75, 3.05) is 39.8 Å². The highest BCUT2D eigenvalue weighted by atomic mass is 15.2. The van der Waals surface area contributed by atoms with Gasteiger partial charge in [-0.1, -0.05) is 6.42 Å². The highest BCUT2D eigenvalue weighted by Crippen LogP contribution is 2.22. The van der Waals surface area contributed by atoms with Gasteiger partial charge in [-0.2, -0.15) is 0 Å². The molecule has 0 spiro atoms. The summed E-state index contributed by atoms with van der Waals surface area (Å²) in [4.78, 5) is 5.49. The maximum atomic E-state index is 3.25. The van der Waals surface area contributed by atoms with Crippen molar-refractivity contribution in [3.8, 4) is 0 Å². The van der Waals surface area contributed by atoms with E-state index < -0.39 is 0 Å². The van der Waals surface area contributed by atoms with Crippen LogP contribution in [0, 0.1) is 0 Å². The van der Waals surface area contributed by atoms with E-state index in [-0.39, 0.29) is 0 Å². The first-order chi connectivity index (χ1) is 9.31. The molecule has 0 amide bonds. The van der Waals surface area contributed by atoms with Gasteiger partial charge in [0.1, 0.15) is 0 Å². The van der Waals surface area contributed by atoms with Crippen LogP contribution in [0.1, 0.15) is 51.9 Å². The van der Waals surface area contributed by atoms with Crippen molar-refractivity contribution in [3.05, 3.63) is 0 Å². The van der Waals surface area contributed by atoms with Crippen LogP contribution in [0.4, 0.5) is 0 Å². The van der Waals surface area contributed by atoms with Crippen LogP contribution < -0.4 is 5.32 Å². The molecule has 2 saturated heterocycles. The standard InChI is InChI=1S/C16H33N3/c1-15(7-6-10-17-2)18-13-8-16(9-14-18)19-11-4-3-5-12-19/h15-17H,3-14H2,1-2H3. The molecule has 1 N–H and O–H groups in total. The van der Waals surface area contributed by atoms with E-state index in [0.717, 1.165) is 18.6 Å². The van der Waals surface area contributed by atoms with Crippen LogP contribution in [0.3, 0.4) is 0 Å². The molecule has 2 rings (SSSR count). The first kappa shape index (κ1) is 15.3. The minimum Gasteiger partial charge on any atom is -0.320 e. The number of nitrogens with one attached hydrogen (secondary N) is 1. The van der Waals surface area contributed by atoms with E-state index in [4.69, 9.17) is 0 Å². The summed E-state index contributed by atoms with van der Waals surface area (Å²) in [6, 6.07) is 1.66. The van der Waals surface area contributed by atoms with Gasteiger partial charge in [0.15, 0.2) is 0 Å². The SMILES string of the molecule is CNCCCC(C)N1CCC(N2CCCCC2)CC1. The summed E-state index contributed by atoms with van der Waals surface area (Å²) in [5.74, 6) is 0. The second kappa shape index (κ2) is 8.23. The largest absolute Gasteiger partial charge is 0.320 e. The second-order valence-corrected chi connectivity index (χ2v) is 6.46. The lowest BCUT2D eigenvalue weighted by Gasteiger charge is -2.42. The van der Waals surface area contributed by atoms with Gasteiger partial charge in [-0.15, -0.1) is 0 Å². The third-order valence-electron chi connectivity index (χ3n) is 5.08. The number of nitrogens with zero attached hydrogens (tertiary/aromatic N) is 2. The van der Waals surface area contributed by atoms with Gasteiger partial charge in [-0.3, -0.25) is 0 Å². The van der Waals surface area contributed by atoms with Crippen molar-refractivity contribution in [1.82, 2.24) is 15.1 Å². The molecule has 2 fully saturated rings. The van der Waals surface area contributed by atoms with Gasteiger partial charge in [0.05, 0.1) is 0 Å². The molecule has 2 heterocycles. The van der Waals surface area contributed by atoms with E-state index in [2.05, 4.69) is 29.1 Å². The summed E-state index contributed by atoms with van der Waals surface area (Å²) in [7, 11) is 2.05. The first-order valence-electron chi connectivity index (χ1n) is 8.44. The minimum atomic E-state index is 0.774. The molecule has 2 aliphatic rings. The van der Waals surface area contributed by atoms with E-state index >= 15 is 0 Å². The highest BCUT2D eigenvalue weighted by molar-refractivity contribution is 4.83. The van der Waals surface area contributed by atoms with Crippen LogP contribution >= 0.6 is 0 Å². The summed E-state index contributed by atoms with van der Waals surface area (Å²) >= 11 is 0. The zero-order chi connectivity index (χ0) is 13.5. The molecule has 2 aliphatic heterocycles. The lowest BCUT2D eigenvalue weighted by molar-refractivity contribution is 0.0736. The van der Waals surface area contributed by atoms with Crippen molar-refractivity contribution >= 4 is 0 Å². The molecule has 1 atom stereocenters. The monoisotopic (exact) mass is 267 g/mol. The van der Waals surface area contributed by atoms with Crippen molar-refractivity contribution in [2.24, 2.45) is 0 Å². The van der Waals surface area contributed by atoms with Crippen molar-refractivity contribution in [2.45, 2.75) is 64.0 Å². The Balaban J connectivity index is 1.66. The average Bonchev–Trinajstić information content (AvgIpc) is 2.48. The molecule has 3 nitrogen and oxygen atoms in total. The Bertz CT molecular complexity index is 230. The lowest BCUT2D eigenvalue weighted by atomic mass is 9.98. The van der Waals surface area contributed by atoms with E-state index in [1.807, 2.05) is 0 Å². The van der Waals surface area contributed by atoms with Gasteiger partial charge in [-0.25, -0.2) is 0 Å². The molecule has 0 aromatic rings. The summed E-state index contributed by atoms with van der Waals surface area (Å²) in [5, 5.41) is 3.25. The summed E-state index contributed by atoms with van der Waals surface area (Å²) in [6.07, 6.45) is 9.77. The van der Waals surface area contributed by atoms with Gasteiger partial charge >= 0.3 is 0 Å². The molecule has 3 heteroatoms. The summed E-state index contributed by atoms with van der Waals surface area (Å²) in [5.41, 5.74) is 0. The Kier molecular flexibility index (Phi) is 6.62. The van der Waals surface area contributed by atoms with Crippen LogP contribution in [0.25, 0.3) is 0 Å². The molecule has 0 aliphatic carbocycles. The van der Waals surface area contributed by atoms with Crippen LogP contribution in [-0.4, -0.2) is 61.7 Å². The Morgan fingerprint density at radius 3 is 2.37 bits per heavy atom. The molecule has 0 radical (unpaired) electrons. The van der Waals surface area contributed by atoms with E-state index in [1.165, 1.54) is 71.1 Å². The maximum Gasteiger partial charge on any atom is 0.0120 e. The van der Waals surface area contributed by atoms with E-state index in [9.17, 15) is 0 Å². The van der Waals surface area contributed by atoms with Crippen molar-refractivity contribution in [1.29, 1.82) is 0 Å². The van der Waals surface area contributed by atoms with Gasteiger partial charge < -0.3 is 15.1 Å². The molecular weight excluding hydrogens is 234 g/mol. The molecule has 19 heavy (non-hydrogen) atoms.